The highest BCUT2D eigenvalue weighted by atomic mass is 16.5. The summed E-state index contributed by atoms with van der Waals surface area (Å²) in [5, 5.41) is 10.7. The van der Waals surface area contributed by atoms with Crippen LogP contribution in [0.15, 0.2) is 60.7 Å². The Hall–Kier alpha value is -4.52. The topological polar surface area (TPSA) is 93.5 Å². The lowest BCUT2D eigenvalue weighted by Gasteiger charge is -2.59. The predicted molar refractivity (Wildman–Crippen MR) is 165 cm³/mol. The van der Waals surface area contributed by atoms with Gasteiger partial charge in [-0.2, -0.15) is 5.26 Å². The standard InChI is InChI=1S/C35H37N3O6/c1-37-26-13-23-16-31(41-3)33(43-5)18-25(23)35(37)27-14-22-15-30(40-2)32(42-4)17-24(22)29(38(27)28(26)19-36)20-44-34(39)12-11-21-9-7-6-8-10-21/h6-12,15-18,26-29,35H,13-14,20H2,1-5H3/b12-11+/t26-,27-,28-,29-,35+/m0/s1. The maximum atomic E-state index is 13.0. The third-order valence-corrected chi connectivity index (χ3v) is 9.31. The van der Waals surface area contributed by atoms with Gasteiger partial charge in [0.05, 0.1) is 46.6 Å². The van der Waals surface area contributed by atoms with E-state index in [0.29, 0.717) is 35.8 Å². The van der Waals surface area contributed by atoms with Gasteiger partial charge in [-0.05, 0) is 78.0 Å². The minimum Gasteiger partial charge on any atom is -0.493 e. The van der Waals surface area contributed by atoms with Gasteiger partial charge in [-0.1, -0.05) is 30.3 Å². The fraction of sp³-hybridized carbons (Fsp3) is 0.371. The number of hydrogen-bond acceptors (Lipinski definition) is 9. The van der Waals surface area contributed by atoms with E-state index in [4.69, 9.17) is 23.7 Å². The SMILES string of the molecule is COc1cc2c(cc1OC)[C@@H]1[C@@H]3Cc4cc(OC)c(OC)cc4[C@H](COC(=O)/C=C/c4ccccc4)N3[C@@H](C#N)[C@H](C2)N1C. The van der Waals surface area contributed by atoms with Crippen LogP contribution >= 0.6 is 0 Å². The summed E-state index contributed by atoms with van der Waals surface area (Å²) in [6.07, 6.45) is 4.53. The number of methoxy groups -OCH3 is 4. The van der Waals surface area contributed by atoms with Crippen LogP contribution in [0.3, 0.4) is 0 Å². The lowest BCUT2D eigenvalue weighted by Crippen LogP contribution is -2.68. The van der Waals surface area contributed by atoms with Crippen molar-refractivity contribution < 1.29 is 28.5 Å². The number of carbonyl (C=O) groups is 1. The van der Waals surface area contributed by atoms with E-state index in [1.54, 1.807) is 34.5 Å². The zero-order chi connectivity index (χ0) is 31.0. The molecular weight excluding hydrogens is 558 g/mol. The lowest BCUT2D eigenvalue weighted by atomic mass is 9.72. The minimum atomic E-state index is -0.452. The van der Waals surface area contributed by atoms with Gasteiger partial charge in [0.1, 0.15) is 12.6 Å². The fourth-order valence-corrected chi connectivity index (χ4v) is 7.28. The number of likely N-dealkylation sites (N-methyl/N-ethyl adjacent to an activating group) is 1. The van der Waals surface area contributed by atoms with Gasteiger partial charge in [-0.25, -0.2) is 4.79 Å². The fourth-order valence-electron chi connectivity index (χ4n) is 7.28. The molecule has 2 bridgehead atoms. The number of fused-ring (bicyclic) bond motifs is 7. The van der Waals surface area contributed by atoms with Crippen LogP contribution in [0.4, 0.5) is 0 Å². The maximum Gasteiger partial charge on any atom is 0.330 e. The Kier molecular flexibility index (Phi) is 8.21. The molecule has 3 aliphatic heterocycles. The summed E-state index contributed by atoms with van der Waals surface area (Å²) in [5.41, 5.74) is 5.25. The van der Waals surface area contributed by atoms with Crippen LogP contribution in [0.2, 0.25) is 0 Å². The highest BCUT2D eigenvalue weighted by Gasteiger charge is 2.54. The molecule has 0 spiro atoms. The molecule has 0 amide bonds. The van der Waals surface area contributed by atoms with Crippen LogP contribution in [-0.4, -0.2) is 76.0 Å². The first kappa shape index (κ1) is 29.5. The van der Waals surface area contributed by atoms with Gasteiger partial charge in [-0.3, -0.25) is 9.80 Å². The number of ether oxygens (including phenoxy) is 5. The first-order valence-corrected chi connectivity index (χ1v) is 14.7. The molecule has 3 aliphatic rings. The molecule has 0 saturated carbocycles. The van der Waals surface area contributed by atoms with Crippen molar-refractivity contribution in [1.29, 1.82) is 5.26 Å². The highest BCUT2D eigenvalue weighted by molar-refractivity contribution is 5.87. The van der Waals surface area contributed by atoms with Gasteiger partial charge in [0.25, 0.3) is 0 Å². The van der Waals surface area contributed by atoms with Crippen LogP contribution in [-0.2, 0) is 22.4 Å². The number of piperazine rings is 1. The Morgan fingerprint density at radius 3 is 2.05 bits per heavy atom. The summed E-state index contributed by atoms with van der Waals surface area (Å²) in [7, 11) is 8.62. The molecule has 0 aliphatic carbocycles. The quantitative estimate of drug-likeness (QED) is 0.270. The highest BCUT2D eigenvalue weighted by Crippen LogP contribution is 2.52. The molecule has 3 heterocycles. The van der Waals surface area contributed by atoms with Crippen LogP contribution in [0, 0.1) is 11.3 Å². The van der Waals surface area contributed by atoms with Crippen molar-refractivity contribution >= 4 is 12.0 Å². The number of benzene rings is 3. The van der Waals surface area contributed by atoms with Crippen molar-refractivity contribution in [3.05, 3.63) is 88.5 Å². The lowest BCUT2D eigenvalue weighted by molar-refractivity contribution is -0.143. The normalized spacial score (nSPS) is 24.0. The second-order valence-corrected chi connectivity index (χ2v) is 11.4. The van der Waals surface area contributed by atoms with Crippen molar-refractivity contribution in [3.8, 4) is 29.1 Å². The molecule has 0 radical (unpaired) electrons. The zero-order valence-corrected chi connectivity index (χ0v) is 25.7. The summed E-state index contributed by atoms with van der Waals surface area (Å²) in [4.78, 5) is 17.6. The summed E-state index contributed by atoms with van der Waals surface area (Å²) < 4.78 is 28.6. The van der Waals surface area contributed by atoms with Crippen LogP contribution in [0.25, 0.3) is 6.08 Å². The zero-order valence-electron chi connectivity index (χ0n) is 25.7. The minimum absolute atomic E-state index is 0.0365. The van der Waals surface area contributed by atoms with Gasteiger partial charge >= 0.3 is 5.97 Å². The van der Waals surface area contributed by atoms with Crippen LogP contribution in [0.1, 0.15) is 39.9 Å². The van der Waals surface area contributed by atoms with Crippen LogP contribution in [0.5, 0.6) is 23.0 Å². The Balaban J connectivity index is 1.43. The number of rotatable bonds is 8. The number of carbonyl (C=O) groups excluding carboxylic acids is 1. The first-order valence-electron chi connectivity index (χ1n) is 14.7. The van der Waals surface area contributed by atoms with Crippen molar-refractivity contribution in [2.24, 2.45) is 0 Å². The second-order valence-electron chi connectivity index (χ2n) is 11.4. The maximum absolute atomic E-state index is 13.0. The van der Waals surface area contributed by atoms with Crippen LogP contribution < -0.4 is 18.9 Å². The third-order valence-electron chi connectivity index (χ3n) is 9.31. The molecule has 0 unspecified atom stereocenters. The first-order chi connectivity index (χ1) is 21.4. The molecule has 0 aromatic heterocycles. The molecular formula is C35H37N3O6. The number of nitriles is 1. The van der Waals surface area contributed by atoms with E-state index in [9.17, 15) is 10.1 Å². The smallest absolute Gasteiger partial charge is 0.330 e. The van der Waals surface area contributed by atoms with Crippen molar-refractivity contribution in [2.45, 2.75) is 43.1 Å². The van der Waals surface area contributed by atoms with Crippen molar-refractivity contribution in [1.82, 2.24) is 9.80 Å². The summed E-state index contributed by atoms with van der Waals surface area (Å²) in [6.45, 7) is 0.0804. The van der Waals surface area contributed by atoms with E-state index in [1.807, 2.05) is 48.5 Å². The van der Waals surface area contributed by atoms with Crippen molar-refractivity contribution in [3.63, 3.8) is 0 Å². The molecule has 228 valence electrons. The summed E-state index contributed by atoms with van der Waals surface area (Å²) in [5.74, 6) is 2.14. The van der Waals surface area contributed by atoms with E-state index in [-0.39, 0.29) is 30.8 Å². The Bertz CT molecular complexity index is 1620. The monoisotopic (exact) mass is 595 g/mol. The molecule has 1 fully saturated rings. The van der Waals surface area contributed by atoms with Gasteiger partial charge in [0, 0.05) is 18.2 Å². The van der Waals surface area contributed by atoms with E-state index in [1.165, 1.54) is 6.08 Å². The molecule has 44 heavy (non-hydrogen) atoms. The molecule has 1 saturated heterocycles. The second kappa shape index (κ2) is 12.2. The van der Waals surface area contributed by atoms with Gasteiger partial charge in [-0.15, -0.1) is 0 Å². The Labute approximate surface area is 258 Å². The Morgan fingerprint density at radius 1 is 0.864 bits per heavy atom. The number of esters is 1. The average Bonchev–Trinajstić information content (AvgIpc) is 3.05. The Morgan fingerprint density at radius 2 is 1.43 bits per heavy atom. The number of nitrogens with zero attached hydrogens (tertiary/aromatic N) is 3. The van der Waals surface area contributed by atoms with Gasteiger partial charge in [0.15, 0.2) is 23.0 Å². The summed E-state index contributed by atoms with van der Waals surface area (Å²) >= 11 is 0. The largest absolute Gasteiger partial charge is 0.493 e. The van der Waals surface area contributed by atoms with E-state index < -0.39 is 12.0 Å². The summed E-state index contributed by atoms with van der Waals surface area (Å²) in [6, 6.07) is 19.3. The van der Waals surface area contributed by atoms with E-state index >= 15 is 0 Å². The molecule has 5 atom stereocenters. The van der Waals surface area contributed by atoms with Gasteiger partial charge in [0.2, 0.25) is 0 Å². The molecule has 9 nitrogen and oxygen atoms in total. The third kappa shape index (κ3) is 5.04. The van der Waals surface area contributed by atoms with Crippen molar-refractivity contribution in [2.75, 3.05) is 42.1 Å². The van der Waals surface area contributed by atoms with Gasteiger partial charge < -0.3 is 23.7 Å². The van der Waals surface area contributed by atoms with E-state index in [0.717, 1.165) is 27.8 Å². The molecule has 9 heteroatoms. The molecule has 3 aromatic rings. The number of hydrogen-bond donors (Lipinski definition) is 0. The average molecular weight is 596 g/mol. The molecule has 6 rings (SSSR count). The molecule has 3 aromatic carbocycles. The van der Waals surface area contributed by atoms with E-state index in [2.05, 4.69) is 29.0 Å². The molecule has 0 N–H and O–H groups in total. The predicted octanol–water partition coefficient (Wildman–Crippen LogP) is 4.75.